The largest absolute Gasteiger partial charge is 0.445 e. The molecule has 3 N–H and O–H groups in total. The first kappa shape index (κ1) is 18.9. The molecule has 1 aromatic rings. The number of fused-ring (bicyclic) bond motifs is 3. The summed E-state index contributed by atoms with van der Waals surface area (Å²) in [6, 6.07) is 4.99. The van der Waals surface area contributed by atoms with Gasteiger partial charge in [0.15, 0.2) is 0 Å². The molecule has 0 radical (unpaired) electrons. The minimum atomic E-state index is -0.729. The number of ether oxygens (including phenoxy) is 1. The average Bonchev–Trinajstić information content (AvgIpc) is 3.14. The van der Waals surface area contributed by atoms with Crippen LogP contribution in [-0.4, -0.2) is 33.3 Å². The molecule has 3 aliphatic heterocycles. The molecule has 0 saturated heterocycles. The van der Waals surface area contributed by atoms with E-state index in [1.165, 1.54) is 6.07 Å². The lowest BCUT2D eigenvalue weighted by Crippen LogP contribution is -2.20. The molecular formula is C20H21FN6O2. The normalized spacial score (nSPS) is 13.6. The Bertz CT molecular complexity index is 1150. The lowest BCUT2D eigenvalue weighted by molar-refractivity contribution is 0.124. The Morgan fingerprint density at radius 1 is 1.34 bits per heavy atom. The van der Waals surface area contributed by atoms with Crippen LogP contribution in [0.2, 0.25) is 0 Å². The smallest absolute Gasteiger partial charge is 0.437 e. The number of anilines is 2. The summed E-state index contributed by atoms with van der Waals surface area (Å²) in [5.74, 6) is 1.06. The Morgan fingerprint density at radius 2 is 2.14 bits per heavy atom. The van der Waals surface area contributed by atoms with E-state index < -0.39 is 11.9 Å². The van der Waals surface area contributed by atoms with Crippen molar-refractivity contribution in [1.29, 1.82) is 0 Å². The van der Waals surface area contributed by atoms with Crippen molar-refractivity contribution in [1.82, 2.24) is 14.5 Å². The first-order valence-electron chi connectivity index (χ1n) is 9.29. The zero-order valence-corrected chi connectivity index (χ0v) is 16.4. The van der Waals surface area contributed by atoms with Gasteiger partial charge in [-0.05, 0) is 50.1 Å². The number of aryl methyl sites for hydroxylation is 1. The molecule has 3 heterocycles. The van der Waals surface area contributed by atoms with Crippen molar-refractivity contribution in [2.24, 2.45) is 4.99 Å². The Labute approximate surface area is 166 Å². The van der Waals surface area contributed by atoms with Crippen LogP contribution in [0.1, 0.15) is 19.4 Å². The van der Waals surface area contributed by atoms with E-state index in [1.807, 2.05) is 17.6 Å². The van der Waals surface area contributed by atoms with Gasteiger partial charge in [-0.2, -0.15) is 4.98 Å². The molecule has 0 unspecified atom stereocenters. The van der Waals surface area contributed by atoms with Gasteiger partial charge in [0, 0.05) is 30.4 Å². The van der Waals surface area contributed by atoms with E-state index in [0.29, 0.717) is 18.9 Å². The van der Waals surface area contributed by atoms with Crippen LogP contribution >= 0.6 is 0 Å². The van der Waals surface area contributed by atoms with Crippen molar-refractivity contribution in [3.05, 3.63) is 41.4 Å². The molecule has 0 fully saturated rings. The van der Waals surface area contributed by atoms with E-state index in [2.05, 4.69) is 20.3 Å². The number of rotatable bonds is 2. The van der Waals surface area contributed by atoms with E-state index in [-0.39, 0.29) is 17.4 Å². The quantitative estimate of drug-likeness (QED) is 0.645. The summed E-state index contributed by atoms with van der Waals surface area (Å²) >= 11 is 0. The summed E-state index contributed by atoms with van der Waals surface area (Å²) in [5, 5.41) is 3.35. The van der Waals surface area contributed by atoms with Gasteiger partial charge in [-0.1, -0.05) is 0 Å². The van der Waals surface area contributed by atoms with Gasteiger partial charge in [-0.3, -0.25) is 0 Å². The van der Waals surface area contributed by atoms with E-state index in [9.17, 15) is 9.18 Å². The summed E-state index contributed by atoms with van der Waals surface area (Å²) < 4.78 is 20.8. The van der Waals surface area contributed by atoms with Gasteiger partial charge in [0.25, 0.3) is 5.62 Å². The highest BCUT2D eigenvalue weighted by atomic mass is 19.1. The summed E-state index contributed by atoms with van der Waals surface area (Å²) in [6.45, 7) is 6.73. The van der Waals surface area contributed by atoms with Crippen LogP contribution in [0.3, 0.4) is 0 Å². The molecule has 0 saturated carbocycles. The van der Waals surface area contributed by atoms with Crippen molar-refractivity contribution >= 4 is 17.6 Å². The fourth-order valence-electron chi connectivity index (χ4n) is 3.41. The lowest BCUT2D eigenvalue weighted by atomic mass is 9.98. The fourth-order valence-corrected chi connectivity index (χ4v) is 3.41. The van der Waals surface area contributed by atoms with Crippen LogP contribution in [0.25, 0.3) is 22.5 Å². The van der Waals surface area contributed by atoms with Gasteiger partial charge in [-0.15, -0.1) is 4.99 Å². The number of hydrogen-bond acceptors (Lipinski definition) is 6. The predicted octanol–water partition coefficient (Wildman–Crippen LogP) is 2.95. The molecule has 1 amide bonds. The summed E-state index contributed by atoms with van der Waals surface area (Å²) in [4.78, 5) is 24.2. The van der Waals surface area contributed by atoms with E-state index in [1.54, 1.807) is 26.1 Å². The topological polar surface area (TPSA) is 107 Å². The number of nitrogens with one attached hydrogen (secondary N) is 1. The second-order valence-electron chi connectivity index (χ2n) is 7.17. The van der Waals surface area contributed by atoms with Gasteiger partial charge in [0.05, 0.1) is 11.8 Å². The van der Waals surface area contributed by atoms with Gasteiger partial charge in [0.2, 0.25) is 0 Å². The van der Waals surface area contributed by atoms with Gasteiger partial charge in [-0.25, -0.2) is 14.2 Å². The number of halogens is 1. The zero-order valence-electron chi connectivity index (χ0n) is 16.4. The van der Waals surface area contributed by atoms with E-state index in [4.69, 9.17) is 10.5 Å². The van der Waals surface area contributed by atoms with E-state index >= 15 is 0 Å². The van der Waals surface area contributed by atoms with Crippen LogP contribution in [0, 0.1) is 12.7 Å². The van der Waals surface area contributed by atoms with Crippen molar-refractivity contribution in [3.63, 3.8) is 0 Å². The number of nitrogens with zero attached hydrogens (tertiary/aromatic N) is 4. The third kappa shape index (κ3) is 3.51. The van der Waals surface area contributed by atoms with E-state index in [0.717, 1.165) is 28.1 Å². The minimum Gasteiger partial charge on any atom is -0.445 e. The van der Waals surface area contributed by atoms with Crippen molar-refractivity contribution in [2.75, 3.05) is 17.6 Å². The second kappa shape index (κ2) is 7.16. The number of carbonyl (C=O) groups excluding carboxylic acids is 1. The Kier molecular flexibility index (Phi) is 4.65. The number of amides is 1. The third-order valence-corrected chi connectivity index (χ3v) is 4.65. The number of carbonyl (C=O) groups is 1. The number of aromatic nitrogens is 3. The molecule has 0 aliphatic carbocycles. The Hall–Kier alpha value is -3.49. The molecule has 150 valence electrons. The SMILES string of the molecule is Cc1cc(F)c(N)cc1-c1cc2cn/c(=N/C(=O)OC(C)C)nc-2n2c1NCC2. The monoisotopic (exact) mass is 396 g/mol. The second-order valence-corrected chi connectivity index (χ2v) is 7.17. The number of nitrogens with two attached hydrogens (primary N) is 1. The molecule has 0 bridgehead atoms. The maximum absolute atomic E-state index is 13.8. The highest BCUT2D eigenvalue weighted by molar-refractivity contribution is 5.85. The maximum atomic E-state index is 13.8. The number of pyridine rings is 1. The highest BCUT2D eigenvalue weighted by Gasteiger charge is 2.23. The molecule has 0 spiro atoms. The fraction of sp³-hybridized carbons (Fsp3) is 0.300. The van der Waals surface area contributed by atoms with Crippen molar-refractivity contribution in [3.8, 4) is 22.5 Å². The first-order valence-corrected chi connectivity index (χ1v) is 9.29. The zero-order chi connectivity index (χ0) is 20.7. The molecule has 0 atom stereocenters. The lowest BCUT2D eigenvalue weighted by Gasteiger charge is -2.18. The van der Waals surface area contributed by atoms with Crippen molar-refractivity contribution in [2.45, 2.75) is 33.4 Å². The van der Waals surface area contributed by atoms with Crippen LogP contribution < -0.4 is 16.7 Å². The average molecular weight is 396 g/mol. The third-order valence-electron chi connectivity index (χ3n) is 4.65. The van der Waals surface area contributed by atoms with Gasteiger partial charge < -0.3 is 20.4 Å². The predicted molar refractivity (Wildman–Crippen MR) is 107 cm³/mol. The summed E-state index contributed by atoms with van der Waals surface area (Å²) in [5.41, 5.74) is 9.19. The van der Waals surface area contributed by atoms with Crippen molar-refractivity contribution < 1.29 is 13.9 Å². The molecule has 4 rings (SSSR count). The van der Waals surface area contributed by atoms with Crippen LogP contribution in [0.4, 0.5) is 20.7 Å². The molecule has 8 nitrogen and oxygen atoms in total. The molecule has 29 heavy (non-hydrogen) atoms. The van der Waals surface area contributed by atoms with Crippen LogP contribution in [0.5, 0.6) is 0 Å². The number of benzene rings is 1. The standard InChI is InChI=1S/C20H21FN6O2/c1-10(2)29-20(28)26-19-24-9-12-7-14(13-8-16(22)15(21)6-11(13)3)18-23-4-5-27(18)17(12)25-19/h6-10,23H,4-5,22H2,1-3H3/b26-19-. The molecule has 9 heteroatoms. The van der Waals surface area contributed by atoms with Gasteiger partial charge in [0.1, 0.15) is 17.5 Å². The minimum absolute atomic E-state index is 0.0414. The Balaban J connectivity index is 1.88. The first-order chi connectivity index (χ1) is 13.8. The summed E-state index contributed by atoms with van der Waals surface area (Å²) in [6.07, 6.45) is 0.609. The number of hydrogen-bond donors (Lipinski definition) is 2. The molecule has 1 aromatic carbocycles. The molecule has 3 aliphatic rings. The maximum Gasteiger partial charge on any atom is 0.437 e. The molecule has 0 aromatic heterocycles. The Morgan fingerprint density at radius 3 is 2.90 bits per heavy atom. The van der Waals surface area contributed by atoms with Gasteiger partial charge >= 0.3 is 6.09 Å². The van der Waals surface area contributed by atoms with Crippen LogP contribution in [-0.2, 0) is 11.3 Å². The highest BCUT2D eigenvalue weighted by Crippen LogP contribution is 2.38. The number of nitrogen functional groups attached to an aromatic ring is 1. The van der Waals surface area contributed by atoms with Crippen LogP contribution in [0.15, 0.2) is 29.4 Å². The molecular weight excluding hydrogens is 375 g/mol. The summed E-state index contributed by atoms with van der Waals surface area (Å²) in [7, 11) is 0.